The molecule has 0 radical (unpaired) electrons. The second kappa shape index (κ2) is 4.56. The SMILES string of the molecule is CN1CCC(OC(=O)c2cc(N)cc(N)c2)C1=O. The standard InChI is InChI=1S/C12H15N3O3/c1-15-3-2-10(11(15)16)18-12(17)7-4-8(13)6-9(14)5-7/h4-6,10H,2-3,13-14H2,1H3. The molecule has 0 saturated carbocycles. The molecule has 1 unspecified atom stereocenters. The Balaban J connectivity index is 2.10. The number of ether oxygens (including phenoxy) is 1. The van der Waals surface area contributed by atoms with E-state index in [1.807, 2.05) is 0 Å². The summed E-state index contributed by atoms with van der Waals surface area (Å²) in [5.41, 5.74) is 12.2. The minimum atomic E-state index is -0.704. The van der Waals surface area contributed by atoms with Crippen LogP contribution in [0.3, 0.4) is 0 Å². The normalized spacial score (nSPS) is 19.1. The van der Waals surface area contributed by atoms with Gasteiger partial charge in [-0.05, 0) is 18.2 Å². The first-order valence-corrected chi connectivity index (χ1v) is 5.59. The van der Waals surface area contributed by atoms with Crippen LogP contribution < -0.4 is 11.5 Å². The van der Waals surface area contributed by atoms with Crippen LogP contribution in [-0.4, -0.2) is 36.5 Å². The van der Waals surface area contributed by atoms with Crippen LogP contribution in [-0.2, 0) is 9.53 Å². The van der Waals surface area contributed by atoms with Gasteiger partial charge in [0.25, 0.3) is 5.91 Å². The van der Waals surface area contributed by atoms with Crippen LogP contribution in [0.2, 0.25) is 0 Å². The van der Waals surface area contributed by atoms with Gasteiger partial charge in [-0.1, -0.05) is 0 Å². The molecule has 0 bridgehead atoms. The lowest BCUT2D eigenvalue weighted by Crippen LogP contribution is -2.29. The average molecular weight is 249 g/mol. The van der Waals surface area contributed by atoms with Crippen LogP contribution in [0.5, 0.6) is 0 Å². The van der Waals surface area contributed by atoms with Crippen molar-refractivity contribution >= 4 is 23.3 Å². The van der Waals surface area contributed by atoms with Gasteiger partial charge in [-0.2, -0.15) is 0 Å². The summed E-state index contributed by atoms with van der Waals surface area (Å²) in [6.45, 7) is 0.593. The van der Waals surface area contributed by atoms with E-state index in [2.05, 4.69) is 0 Å². The van der Waals surface area contributed by atoms with Crippen molar-refractivity contribution in [2.75, 3.05) is 25.1 Å². The predicted molar refractivity (Wildman–Crippen MR) is 66.7 cm³/mol. The molecular formula is C12H15N3O3. The molecule has 96 valence electrons. The topological polar surface area (TPSA) is 98.7 Å². The Morgan fingerprint density at radius 1 is 1.33 bits per heavy atom. The second-order valence-corrected chi connectivity index (χ2v) is 4.33. The summed E-state index contributed by atoms with van der Waals surface area (Å²) in [4.78, 5) is 25.0. The molecule has 2 rings (SSSR count). The molecule has 1 heterocycles. The van der Waals surface area contributed by atoms with Crippen molar-refractivity contribution in [3.8, 4) is 0 Å². The van der Waals surface area contributed by atoms with E-state index in [-0.39, 0.29) is 11.5 Å². The van der Waals surface area contributed by atoms with E-state index in [9.17, 15) is 9.59 Å². The fraction of sp³-hybridized carbons (Fsp3) is 0.333. The molecule has 6 heteroatoms. The Labute approximate surface area is 104 Å². The Morgan fingerprint density at radius 2 is 1.94 bits per heavy atom. The van der Waals surface area contributed by atoms with Crippen LogP contribution in [0.4, 0.5) is 11.4 Å². The molecule has 0 aromatic heterocycles. The maximum absolute atomic E-state index is 11.9. The zero-order valence-electron chi connectivity index (χ0n) is 10.1. The molecule has 1 fully saturated rings. The number of nitrogens with two attached hydrogens (primary N) is 2. The first-order chi connectivity index (χ1) is 8.47. The van der Waals surface area contributed by atoms with Gasteiger partial charge >= 0.3 is 5.97 Å². The van der Waals surface area contributed by atoms with Crippen molar-refractivity contribution in [3.63, 3.8) is 0 Å². The molecule has 1 aliphatic rings. The highest BCUT2D eigenvalue weighted by atomic mass is 16.5. The largest absolute Gasteiger partial charge is 0.449 e. The van der Waals surface area contributed by atoms with Gasteiger partial charge in [-0.15, -0.1) is 0 Å². The molecule has 1 aromatic rings. The highest BCUT2D eigenvalue weighted by Gasteiger charge is 2.32. The summed E-state index contributed by atoms with van der Waals surface area (Å²) < 4.78 is 5.15. The van der Waals surface area contributed by atoms with Crippen molar-refractivity contribution in [2.45, 2.75) is 12.5 Å². The molecule has 0 aliphatic carbocycles. The molecular weight excluding hydrogens is 234 g/mol. The summed E-state index contributed by atoms with van der Waals surface area (Å²) in [7, 11) is 1.68. The fourth-order valence-corrected chi connectivity index (χ4v) is 1.89. The van der Waals surface area contributed by atoms with Gasteiger partial charge < -0.3 is 21.1 Å². The molecule has 18 heavy (non-hydrogen) atoms. The zero-order valence-corrected chi connectivity index (χ0v) is 10.1. The average Bonchev–Trinajstić information content (AvgIpc) is 2.59. The van der Waals surface area contributed by atoms with Gasteiger partial charge in [-0.3, -0.25) is 4.79 Å². The minimum absolute atomic E-state index is 0.180. The monoisotopic (exact) mass is 249 g/mol. The number of nitrogens with zero attached hydrogens (tertiary/aromatic N) is 1. The van der Waals surface area contributed by atoms with E-state index in [1.165, 1.54) is 17.0 Å². The van der Waals surface area contributed by atoms with Crippen LogP contribution in [0.15, 0.2) is 18.2 Å². The number of benzene rings is 1. The van der Waals surface area contributed by atoms with Crippen molar-refractivity contribution in [1.29, 1.82) is 0 Å². The molecule has 0 spiro atoms. The van der Waals surface area contributed by atoms with Crippen LogP contribution >= 0.6 is 0 Å². The predicted octanol–water partition coefficient (Wildman–Crippen LogP) is 0.238. The summed E-state index contributed by atoms with van der Waals surface area (Å²) in [6.07, 6.45) is -0.191. The minimum Gasteiger partial charge on any atom is -0.449 e. The molecule has 4 N–H and O–H groups in total. The molecule has 1 saturated heterocycles. The highest BCUT2D eigenvalue weighted by molar-refractivity contribution is 5.94. The van der Waals surface area contributed by atoms with Crippen molar-refractivity contribution in [3.05, 3.63) is 23.8 Å². The summed E-state index contributed by atoms with van der Waals surface area (Å²) in [6, 6.07) is 4.49. The summed E-state index contributed by atoms with van der Waals surface area (Å²) in [5, 5.41) is 0. The van der Waals surface area contributed by atoms with Crippen molar-refractivity contribution < 1.29 is 14.3 Å². The number of hydrogen-bond acceptors (Lipinski definition) is 5. The van der Waals surface area contributed by atoms with Gasteiger partial charge in [0.15, 0.2) is 6.10 Å². The number of rotatable bonds is 2. The Kier molecular flexibility index (Phi) is 3.10. The Hall–Kier alpha value is -2.24. The second-order valence-electron chi connectivity index (χ2n) is 4.33. The molecule has 1 amide bonds. The first kappa shape index (κ1) is 12.2. The van der Waals surface area contributed by atoms with E-state index in [4.69, 9.17) is 16.2 Å². The highest BCUT2D eigenvalue weighted by Crippen LogP contribution is 2.18. The Bertz CT molecular complexity index is 481. The summed E-state index contributed by atoms with van der Waals surface area (Å²) in [5.74, 6) is -0.761. The van der Waals surface area contributed by atoms with Crippen molar-refractivity contribution in [2.24, 2.45) is 0 Å². The fourth-order valence-electron chi connectivity index (χ4n) is 1.89. The lowest BCUT2D eigenvalue weighted by Gasteiger charge is -2.12. The Morgan fingerprint density at radius 3 is 2.44 bits per heavy atom. The number of esters is 1. The third kappa shape index (κ3) is 2.37. The summed E-state index contributed by atoms with van der Waals surface area (Å²) >= 11 is 0. The number of hydrogen-bond donors (Lipinski definition) is 2. The molecule has 1 aliphatic heterocycles. The third-order valence-electron chi connectivity index (χ3n) is 2.84. The third-order valence-corrected chi connectivity index (χ3v) is 2.84. The van der Waals surface area contributed by atoms with E-state index < -0.39 is 12.1 Å². The van der Waals surface area contributed by atoms with E-state index in [0.717, 1.165) is 0 Å². The number of amides is 1. The van der Waals surface area contributed by atoms with Crippen molar-refractivity contribution in [1.82, 2.24) is 4.90 Å². The number of carbonyl (C=O) groups is 2. The van der Waals surface area contributed by atoms with Crippen LogP contribution in [0.1, 0.15) is 16.8 Å². The zero-order chi connectivity index (χ0) is 13.3. The molecule has 1 atom stereocenters. The van der Waals surface area contributed by atoms with Gasteiger partial charge in [-0.25, -0.2) is 4.79 Å². The van der Waals surface area contributed by atoms with E-state index in [0.29, 0.717) is 24.3 Å². The lowest BCUT2D eigenvalue weighted by molar-refractivity contribution is -0.133. The number of nitrogen functional groups attached to an aromatic ring is 2. The maximum Gasteiger partial charge on any atom is 0.339 e. The number of carbonyl (C=O) groups excluding carboxylic acids is 2. The lowest BCUT2D eigenvalue weighted by atomic mass is 10.2. The number of likely N-dealkylation sites (N-methyl/N-ethyl adjacent to an activating group) is 1. The van der Waals surface area contributed by atoms with E-state index in [1.54, 1.807) is 13.1 Å². The number of anilines is 2. The smallest absolute Gasteiger partial charge is 0.339 e. The first-order valence-electron chi connectivity index (χ1n) is 5.59. The van der Waals surface area contributed by atoms with Gasteiger partial charge in [0, 0.05) is 31.4 Å². The van der Waals surface area contributed by atoms with Crippen LogP contribution in [0, 0.1) is 0 Å². The van der Waals surface area contributed by atoms with Crippen LogP contribution in [0.25, 0.3) is 0 Å². The van der Waals surface area contributed by atoms with E-state index >= 15 is 0 Å². The molecule has 6 nitrogen and oxygen atoms in total. The number of likely N-dealkylation sites (tertiary alicyclic amines) is 1. The van der Waals surface area contributed by atoms with Gasteiger partial charge in [0.2, 0.25) is 0 Å². The van der Waals surface area contributed by atoms with Gasteiger partial charge in [0.1, 0.15) is 0 Å². The quantitative estimate of drug-likeness (QED) is 0.577. The maximum atomic E-state index is 11.9. The molecule has 1 aromatic carbocycles. The van der Waals surface area contributed by atoms with Gasteiger partial charge in [0.05, 0.1) is 5.56 Å².